The fraction of sp³-hybridized carbons (Fsp3) is 0.643. The Hall–Kier alpha value is -1.69. The van der Waals surface area contributed by atoms with Gasteiger partial charge in [-0.2, -0.15) is 5.10 Å². The Bertz CT molecular complexity index is 525. The summed E-state index contributed by atoms with van der Waals surface area (Å²) in [6.07, 6.45) is 5.44. The molecule has 0 spiro atoms. The molecule has 6 heteroatoms. The van der Waals surface area contributed by atoms with E-state index in [4.69, 9.17) is 0 Å². The molecule has 0 bridgehead atoms. The Kier molecular flexibility index (Phi) is 4.89. The van der Waals surface area contributed by atoms with Crippen molar-refractivity contribution in [1.82, 2.24) is 29.6 Å². The quantitative estimate of drug-likeness (QED) is 0.838. The van der Waals surface area contributed by atoms with Crippen LogP contribution >= 0.6 is 0 Å². The van der Waals surface area contributed by atoms with Gasteiger partial charge in [-0.05, 0) is 26.3 Å². The maximum Gasteiger partial charge on any atom is 0.147 e. The summed E-state index contributed by atoms with van der Waals surface area (Å²) in [4.78, 5) is 8.76. The van der Waals surface area contributed by atoms with E-state index < -0.39 is 0 Å². The van der Waals surface area contributed by atoms with Crippen molar-refractivity contribution in [2.45, 2.75) is 46.8 Å². The van der Waals surface area contributed by atoms with Gasteiger partial charge in [0.25, 0.3) is 0 Å². The van der Waals surface area contributed by atoms with Gasteiger partial charge in [-0.1, -0.05) is 13.8 Å². The van der Waals surface area contributed by atoms with Gasteiger partial charge in [-0.15, -0.1) is 0 Å². The third kappa shape index (κ3) is 3.66. The minimum Gasteiger partial charge on any atom is -0.326 e. The van der Waals surface area contributed by atoms with Crippen LogP contribution in [0.3, 0.4) is 0 Å². The summed E-state index contributed by atoms with van der Waals surface area (Å²) < 4.78 is 4.07. The van der Waals surface area contributed by atoms with Crippen molar-refractivity contribution in [3.63, 3.8) is 0 Å². The van der Waals surface area contributed by atoms with Crippen molar-refractivity contribution in [2.24, 2.45) is 5.92 Å². The highest BCUT2D eigenvalue weighted by Crippen LogP contribution is 2.08. The predicted molar refractivity (Wildman–Crippen MR) is 78.3 cm³/mol. The lowest BCUT2D eigenvalue weighted by Gasteiger charge is -2.12. The molecule has 0 unspecified atom stereocenters. The minimum atomic E-state index is 0.318. The first-order valence-electron chi connectivity index (χ1n) is 7.17. The second-order valence-corrected chi connectivity index (χ2v) is 5.71. The largest absolute Gasteiger partial charge is 0.326 e. The molecule has 0 atom stereocenters. The van der Waals surface area contributed by atoms with Crippen molar-refractivity contribution < 1.29 is 0 Å². The highest BCUT2D eigenvalue weighted by molar-refractivity contribution is 4.97. The van der Waals surface area contributed by atoms with Crippen LogP contribution in [-0.4, -0.2) is 30.9 Å². The van der Waals surface area contributed by atoms with Gasteiger partial charge in [0.05, 0.1) is 13.1 Å². The maximum atomic E-state index is 4.41. The lowest BCUT2D eigenvalue weighted by molar-refractivity contribution is 0.487. The van der Waals surface area contributed by atoms with Crippen LogP contribution in [0.4, 0.5) is 0 Å². The van der Waals surface area contributed by atoms with Gasteiger partial charge in [0.2, 0.25) is 0 Å². The number of nitrogens with zero attached hydrogens (tertiary/aromatic N) is 5. The lowest BCUT2D eigenvalue weighted by Crippen LogP contribution is -2.22. The van der Waals surface area contributed by atoms with Crippen LogP contribution in [0.15, 0.2) is 18.7 Å². The van der Waals surface area contributed by atoms with Crippen molar-refractivity contribution in [1.29, 1.82) is 0 Å². The third-order valence-corrected chi connectivity index (χ3v) is 3.09. The van der Waals surface area contributed by atoms with Crippen LogP contribution in [0.25, 0.3) is 0 Å². The molecule has 0 aromatic carbocycles. The topological polar surface area (TPSA) is 60.6 Å². The van der Waals surface area contributed by atoms with Gasteiger partial charge < -0.3 is 9.88 Å². The highest BCUT2D eigenvalue weighted by Gasteiger charge is 2.10. The number of hydrogen-bond acceptors (Lipinski definition) is 4. The van der Waals surface area contributed by atoms with E-state index in [2.05, 4.69) is 52.6 Å². The van der Waals surface area contributed by atoms with E-state index >= 15 is 0 Å². The molecule has 2 heterocycles. The molecular formula is C14H24N6. The molecule has 0 aliphatic rings. The Morgan fingerprint density at radius 1 is 1.15 bits per heavy atom. The van der Waals surface area contributed by atoms with E-state index in [0.29, 0.717) is 18.5 Å². The molecule has 2 aromatic heterocycles. The Morgan fingerprint density at radius 3 is 2.65 bits per heavy atom. The van der Waals surface area contributed by atoms with Crippen molar-refractivity contribution in [2.75, 3.05) is 6.54 Å². The summed E-state index contributed by atoms with van der Waals surface area (Å²) in [5.41, 5.74) is 0. The van der Waals surface area contributed by atoms with E-state index in [1.807, 2.05) is 17.1 Å². The van der Waals surface area contributed by atoms with Crippen molar-refractivity contribution in [3.05, 3.63) is 30.4 Å². The van der Waals surface area contributed by atoms with Gasteiger partial charge in [0.15, 0.2) is 0 Å². The molecule has 20 heavy (non-hydrogen) atoms. The standard InChI is InChI=1S/C14H24N6/c1-11(2)7-15-8-13-16-5-6-19(13)9-14-17-10-18-20(14)12(3)4/h5-6,10-12,15H,7-9H2,1-4H3. The molecule has 6 nitrogen and oxygen atoms in total. The summed E-state index contributed by atoms with van der Waals surface area (Å²) in [7, 11) is 0. The average molecular weight is 276 g/mol. The van der Waals surface area contributed by atoms with Crippen LogP contribution in [0.5, 0.6) is 0 Å². The Morgan fingerprint density at radius 2 is 1.95 bits per heavy atom. The van der Waals surface area contributed by atoms with E-state index in [1.54, 1.807) is 6.33 Å². The molecule has 1 N–H and O–H groups in total. The molecule has 0 radical (unpaired) electrons. The maximum absolute atomic E-state index is 4.41. The summed E-state index contributed by atoms with van der Waals surface area (Å²) in [5, 5.41) is 7.69. The molecule has 2 aromatic rings. The zero-order valence-corrected chi connectivity index (χ0v) is 12.7. The van der Waals surface area contributed by atoms with Crippen LogP contribution < -0.4 is 5.32 Å². The second kappa shape index (κ2) is 6.65. The number of rotatable bonds is 7. The summed E-state index contributed by atoms with van der Waals surface area (Å²) in [6, 6.07) is 0.318. The Labute approximate surface area is 120 Å². The molecule has 110 valence electrons. The minimum absolute atomic E-state index is 0.318. The van der Waals surface area contributed by atoms with Gasteiger partial charge in [-0.3, -0.25) is 0 Å². The number of imidazole rings is 1. The monoisotopic (exact) mass is 276 g/mol. The highest BCUT2D eigenvalue weighted by atomic mass is 15.4. The molecular weight excluding hydrogens is 252 g/mol. The first-order valence-corrected chi connectivity index (χ1v) is 7.17. The molecule has 0 saturated carbocycles. The average Bonchev–Trinajstić information content (AvgIpc) is 2.99. The zero-order valence-electron chi connectivity index (χ0n) is 12.7. The van der Waals surface area contributed by atoms with Crippen molar-refractivity contribution in [3.8, 4) is 0 Å². The number of hydrogen-bond donors (Lipinski definition) is 1. The molecule has 0 saturated heterocycles. The van der Waals surface area contributed by atoms with Crippen LogP contribution in [0.1, 0.15) is 45.4 Å². The van der Waals surface area contributed by atoms with E-state index in [-0.39, 0.29) is 0 Å². The molecule has 0 aliphatic carbocycles. The van der Waals surface area contributed by atoms with Gasteiger partial charge in [0.1, 0.15) is 18.0 Å². The molecule has 0 amide bonds. The number of aromatic nitrogens is 5. The first-order chi connectivity index (χ1) is 9.58. The van der Waals surface area contributed by atoms with E-state index in [0.717, 1.165) is 24.7 Å². The first kappa shape index (κ1) is 14.7. The number of nitrogens with one attached hydrogen (secondary N) is 1. The summed E-state index contributed by atoms with van der Waals surface area (Å²) in [6.45, 7) is 11.1. The molecule has 0 fully saturated rings. The zero-order chi connectivity index (χ0) is 14.5. The SMILES string of the molecule is CC(C)CNCc1nccn1Cc1ncnn1C(C)C. The fourth-order valence-electron chi connectivity index (χ4n) is 2.09. The van der Waals surface area contributed by atoms with Crippen LogP contribution in [0.2, 0.25) is 0 Å². The Balaban J connectivity index is 2.03. The lowest BCUT2D eigenvalue weighted by atomic mass is 10.2. The van der Waals surface area contributed by atoms with Gasteiger partial charge in [-0.25, -0.2) is 14.6 Å². The predicted octanol–water partition coefficient (Wildman–Crippen LogP) is 1.85. The summed E-state index contributed by atoms with van der Waals surface area (Å²) in [5.74, 6) is 2.63. The summed E-state index contributed by atoms with van der Waals surface area (Å²) >= 11 is 0. The van der Waals surface area contributed by atoms with E-state index in [1.165, 1.54) is 0 Å². The smallest absolute Gasteiger partial charge is 0.147 e. The second-order valence-electron chi connectivity index (χ2n) is 5.71. The van der Waals surface area contributed by atoms with E-state index in [9.17, 15) is 0 Å². The fourth-order valence-corrected chi connectivity index (χ4v) is 2.09. The van der Waals surface area contributed by atoms with Gasteiger partial charge in [0, 0.05) is 18.4 Å². The normalized spacial score (nSPS) is 11.7. The molecule has 2 rings (SSSR count). The van der Waals surface area contributed by atoms with Crippen LogP contribution in [-0.2, 0) is 13.1 Å². The molecule has 0 aliphatic heterocycles. The van der Waals surface area contributed by atoms with Crippen LogP contribution in [0, 0.1) is 5.92 Å². The van der Waals surface area contributed by atoms with Crippen molar-refractivity contribution >= 4 is 0 Å². The third-order valence-electron chi connectivity index (χ3n) is 3.09. The van der Waals surface area contributed by atoms with Gasteiger partial charge >= 0.3 is 0 Å².